The number of hydrogen-bond donors (Lipinski definition) is 0. The third-order valence-corrected chi connectivity index (χ3v) is 6.14. The van der Waals surface area contributed by atoms with E-state index in [1.165, 1.54) is 11.1 Å². The van der Waals surface area contributed by atoms with E-state index >= 15 is 0 Å². The van der Waals surface area contributed by atoms with E-state index in [9.17, 15) is 0 Å². The third kappa shape index (κ3) is 6.53. The van der Waals surface area contributed by atoms with Crippen molar-refractivity contribution < 1.29 is 4.74 Å². The molecule has 2 aromatic rings. The minimum absolute atomic E-state index is 0.306. The number of nitrogens with zero attached hydrogens (tertiary/aromatic N) is 3. The van der Waals surface area contributed by atoms with Gasteiger partial charge in [-0.2, -0.15) is 0 Å². The highest BCUT2D eigenvalue weighted by Crippen LogP contribution is 2.16. The van der Waals surface area contributed by atoms with E-state index in [1.807, 2.05) is 12.1 Å². The van der Waals surface area contributed by atoms with Crippen molar-refractivity contribution >= 4 is 11.6 Å². The molecule has 5 heteroatoms. The second kappa shape index (κ2) is 10.6. The third-order valence-electron chi connectivity index (χ3n) is 5.91. The molecular formula is C24H32ClN3O. The Kier molecular flexibility index (Phi) is 7.58. The molecule has 1 unspecified atom stereocenters. The fourth-order valence-electron chi connectivity index (χ4n) is 4.38. The number of piperazine rings is 1. The van der Waals surface area contributed by atoms with Crippen molar-refractivity contribution in [2.24, 2.45) is 0 Å². The van der Waals surface area contributed by atoms with E-state index in [-0.39, 0.29) is 0 Å². The highest BCUT2D eigenvalue weighted by atomic mass is 35.5. The summed E-state index contributed by atoms with van der Waals surface area (Å²) in [4.78, 5) is 7.66. The fourth-order valence-corrected chi connectivity index (χ4v) is 4.59. The Labute approximate surface area is 180 Å². The first-order valence-corrected chi connectivity index (χ1v) is 11.2. The van der Waals surface area contributed by atoms with Crippen LogP contribution in [0.5, 0.6) is 0 Å². The van der Waals surface area contributed by atoms with Gasteiger partial charge in [-0.15, -0.1) is 0 Å². The summed E-state index contributed by atoms with van der Waals surface area (Å²) in [6, 6.07) is 19.0. The predicted octanol–water partition coefficient (Wildman–Crippen LogP) is 3.75. The van der Waals surface area contributed by atoms with Crippen molar-refractivity contribution in [2.45, 2.75) is 25.6 Å². The van der Waals surface area contributed by atoms with Crippen molar-refractivity contribution in [1.82, 2.24) is 14.7 Å². The number of halogens is 1. The average Bonchev–Trinajstić information content (AvgIpc) is 2.95. The number of benzene rings is 2. The Bertz CT molecular complexity index is 749. The zero-order valence-corrected chi connectivity index (χ0v) is 17.9. The van der Waals surface area contributed by atoms with Gasteiger partial charge in [0.1, 0.15) is 0 Å². The van der Waals surface area contributed by atoms with Crippen LogP contribution in [-0.2, 0) is 17.8 Å². The van der Waals surface area contributed by atoms with E-state index < -0.39 is 0 Å². The molecule has 0 aliphatic carbocycles. The number of rotatable bonds is 6. The van der Waals surface area contributed by atoms with Crippen LogP contribution in [0.15, 0.2) is 54.6 Å². The molecule has 1 atom stereocenters. The van der Waals surface area contributed by atoms with Crippen LogP contribution in [-0.4, -0.2) is 73.2 Å². The molecule has 2 saturated heterocycles. The molecule has 156 valence electrons. The van der Waals surface area contributed by atoms with Crippen LogP contribution in [0, 0.1) is 0 Å². The second-order valence-electron chi connectivity index (χ2n) is 8.27. The Morgan fingerprint density at radius 2 is 1.52 bits per heavy atom. The Balaban J connectivity index is 1.24. The molecule has 2 heterocycles. The van der Waals surface area contributed by atoms with Crippen molar-refractivity contribution in [3.8, 4) is 0 Å². The van der Waals surface area contributed by atoms with E-state index in [1.54, 1.807) is 0 Å². The molecule has 0 aromatic heterocycles. The smallest absolute Gasteiger partial charge is 0.0828 e. The van der Waals surface area contributed by atoms with Gasteiger partial charge in [0.2, 0.25) is 0 Å². The van der Waals surface area contributed by atoms with Gasteiger partial charge >= 0.3 is 0 Å². The first-order valence-electron chi connectivity index (χ1n) is 10.8. The minimum Gasteiger partial charge on any atom is -0.376 e. The molecule has 0 bridgehead atoms. The van der Waals surface area contributed by atoms with Gasteiger partial charge in [0.05, 0.1) is 6.10 Å². The van der Waals surface area contributed by atoms with Gasteiger partial charge in [0.15, 0.2) is 0 Å². The summed E-state index contributed by atoms with van der Waals surface area (Å²) in [5.74, 6) is 0. The summed E-state index contributed by atoms with van der Waals surface area (Å²) in [6.45, 7) is 10.5. The molecular weight excluding hydrogens is 382 g/mol. The minimum atomic E-state index is 0.306. The highest BCUT2D eigenvalue weighted by Gasteiger charge is 2.24. The normalized spacial score (nSPS) is 22.4. The SMILES string of the molecule is Clc1cccc(CN2CCN(CC3CN(Cc4ccccc4)CCCO3)CC2)c1. The van der Waals surface area contributed by atoms with Gasteiger partial charge in [-0.25, -0.2) is 0 Å². The van der Waals surface area contributed by atoms with Gasteiger partial charge in [0, 0.05) is 70.5 Å². The van der Waals surface area contributed by atoms with Gasteiger partial charge < -0.3 is 4.74 Å². The summed E-state index contributed by atoms with van der Waals surface area (Å²) in [7, 11) is 0. The van der Waals surface area contributed by atoms with Gasteiger partial charge in [0.25, 0.3) is 0 Å². The molecule has 2 aliphatic heterocycles. The summed E-state index contributed by atoms with van der Waals surface area (Å²) in [5, 5.41) is 0.826. The second-order valence-corrected chi connectivity index (χ2v) is 8.71. The summed E-state index contributed by atoms with van der Waals surface area (Å²) in [5.41, 5.74) is 2.69. The standard InChI is InChI=1S/C24H32ClN3O/c25-23-9-4-8-22(16-23)18-26-11-13-27(14-12-26)19-24-20-28(10-5-15-29-24)17-21-6-2-1-3-7-21/h1-4,6-9,16,24H,5,10-15,17-20H2. The Hall–Kier alpha value is -1.43. The predicted molar refractivity (Wildman–Crippen MR) is 119 cm³/mol. The van der Waals surface area contributed by atoms with Gasteiger partial charge in [-0.3, -0.25) is 14.7 Å². The van der Waals surface area contributed by atoms with Crippen molar-refractivity contribution in [3.63, 3.8) is 0 Å². The van der Waals surface area contributed by atoms with E-state index in [0.717, 1.165) is 77.0 Å². The zero-order chi connectivity index (χ0) is 19.9. The molecule has 0 spiro atoms. The summed E-state index contributed by atoms with van der Waals surface area (Å²) in [6.07, 6.45) is 1.43. The lowest BCUT2D eigenvalue weighted by molar-refractivity contribution is 0.0124. The van der Waals surface area contributed by atoms with Gasteiger partial charge in [-0.1, -0.05) is 54.1 Å². The van der Waals surface area contributed by atoms with Crippen LogP contribution in [0.2, 0.25) is 5.02 Å². The molecule has 0 saturated carbocycles. The Morgan fingerprint density at radius 3 is 2.31 bits per heavy atom. The maximum Gasteiger partial charge on any atom is 0.0828 e. The molecule has 0 radical (unpaired) electrons. The maximum absolute atomic E-state index is 6.20. The largest absolute Gasteiger partial charge is 0.376 e. The fraction of sp³-hybridized carbons (Fsp3) is 0.500. The van der Waals surface area contributed by atoms with Crippen LogP contribution < -0.4 is 0 Å². The topological polar surface area (TPSA) is 19.0 Å². The molecule has 0 N–H and O–H groups in total. The van der Waals surface area contributed by atoms with Crippen molar-refractivity contribution in [3.05, 3.63) is 70.7 Å². The molecule has 2 aromatic carbocycles. The lowest BCUT2D eigenvalue weighted by Gasteiger charge is -2.36. The molecule has 2 fully saturated rings. The number of ether oxygens (including phenoxy) is 1. The lowest BCUT2D eigenvalue weighted by atomic mass is 10.2. The summed E-state index contributed by atoms with van der Waals surface area (Å²) < 4.78 is 6.20. The van der Waals surface area contributed by atoms with Crippen LogP contribution in [0.25, 0.3) is 0 Å². The van der Waals surface area contributed by atoms with Gasteiger partial charge in [-0.05, 0) is 29.7 Å². The first kappa shape index (κ1) is 20.8. The van der Waals surface area contributed by atoms with E-state index in [2.05, 4.69) is 57.2 Å². The quantitative estimate of drug-likeness (QED) is 0.717. The van der Waals surface area contributed by atoms with Crippen LogP contribution in [0.3, 0.4) is 0 Å². The molecule has 4 nitrogen and oxygen atoms in total. The van der Waals surface area contributed by atoms with E-state index in [4.69, 9.17) is 16.3 Å². The van der Waals surface area contributed by atoms with E-state index in [0.29, 0.717) is 6.10 Å². The molecule has 0 amide bonds. The molecule has 4 rings (SSSR count). The zero-order valence-electron chi connectivity index (χ0n) is 17.2. The monoisotopic (exact) mass is 413 g/mol. The lowest BCUT2D eigenvalue weighted by Crippen LogP contribution is -2.49. The number of hydrogen-bond acceptors (Lipinski definition) is 4. The van der Waals surface area contributed by atoms with Crippen molar-refractivity contribution in [1.29, 1.82) is 0 Å². The van der Waals surface area contributed by atoms with Crippen LogP contribution in [0.4, 0.5) is 0 Å². The average molecular weight is 414 g/mol. The molecule has 29 heavy (non-hydrogen) atoms. The summed E-state index contributed by atoms with van der Waals surface area (Å²) >= 11 is 6.13. The highest BCUT2D eigenvalue weighted by molar-refractivity contribution is 6.30. The Morgan fingerprint density at radius 1 is 0.793 bits per heavy atom. The van der Waals surface area contributed by atoms with Crippen molar-refractivity contribution in [2.75, 3.05) is 52.4 Å². The van der Waals surface area contributed by atoms with Crippen LogP contribution >= 0.6 is 11.6 Å². The molecule has 2 aliphatic rings. The maximum atomic E-state index is 6.20. The first-order chi connectivity index (χ1) is 14.2. The van der Waals surface area contributed by atoms with Crippen LogP contribution in [0.1, 0.15) is 17.5 Å².